The summed E-state index contributed by atoms with van der Waals surface area (Å²) in [6, 6.07) is 19.2. The summed E-state index contributed by atoms with van der Waals surface area (Å²) in [5, 5.41) is 24.7. The Bertz CT molecular complexity index is 1440. The smallest absolute Gasteiger partial charge is 0.337 e. The maximum absolute atomic E-state index is 12.3. The van der Waals surface area contributed by atoms with E-state index in [1.54, 1.807) is 12.1 Å². The van der Waals surface area contributed by atoms with Gasteiger partial charge in [-0.25, -0.2) is 9.78 Å². The molecule has 0 bridgehead atoms. The Hall–Kier alpha value is -4.27. The lowest BCUT2D eigenvalue weighted by Gasteiger charge is -2.27. The van der Waals surface area contributed by atoms with E-state index in [1.807, 2.05) is 55.5 Å². The Balaban J connectivity index is 1.87. The van der Waals surface area contributed by atoms with E-state index < -0.39 is 12.1 Å². The minimum atomic E-state index is -0.983. The van der Waals surface area contributed by atoms with Crippen molar-refractivity contribution in [3.63, 3.8) is 0 Å². The number of aromatic carboxylic acids is 1. The molecule has 9 heteroatoms. The van der Waals surface area contributed by atoms with Crippen molar-refractivity contribution in [3.8, 4) is 11.5 Å². The molecule has 1 unspecified atom stereocenters. The molecule has 1 atom stereocenters. The van der Waals surface area contributed by atoms with Crippen LogP contribution < -0.4 is 0 Å². The number of hydrogen-bond donors (Lipinski definition) is 2. The van der Waals surface area contributed by atoms with Gasteiger partial charge in [-0.05, 0) is 48.4 Å². The summed E-state index contributed by atoms with van der Waals surface area (Å²) in [6.45, 7) is 4.15. The Morgan fingerprint density at radius 1 is 1.06 bits per heavy atom. The minimum absolute atomic E-state index is 0.222. The lowest BCUT2D eigenvalue weighted by atomic mass is 10.1. The van der Waals surface area contributed by atoms with Crippen LogP contribution in [0.2, 0.25) is 0 Å². The second-order valence-corrected chi connectivity index (χ2v) is 8.23. The lowest BCUT2D eigenvalue weighted by Crippen LogP contribution is -2.24. The van der Waals surface area contributed by atoms with Crippen LogP contribution >= 0.6 is 0 Å². The molecule has 2 N–H and O–H groups in total. The van der Waals surface area contributed by atoms with Crippen LogP contribution in [0.5, 0.6) is 0 Å². The summed E-state index contributed by atoms with van der Waals surface area (Å²) in [5.74, 6) is 0.321. The Labute approximate surface area is 196 Å². The molecule has 172 valence electrons. The summed E-state index contributed by atoms with van der Waals surface area (Å²) >= 11 is 0. The van der Waals surface area contributed by atoms with E-state index in [0.29, 0.717) is 16.9 Å². The number of hydrogen-bond acceptors (Lipinski definition) is 5. The van der Waals surface area contributed by atoms with Gasteiger partial charge in [0, 0.05) is 12.1 Å². The van der Waals surface area contributed by atoms with E-state index in [9.17, 15) is 9.90 Å². The molecule has 0 amide bonds. The number of tetrazole rings is 1. The highest BCUT2D eigenvalue weighted by Crippen LogP contribution is 2.34. The number of rotatable bonds is 8. The molecule has 5 aromatic rings. The predicted molar refractivity (Wildman–Crippen MR) is 128 cm³/mol. The standard InChI is InChI=1S/C25H25N7O2/c1-3-4-13-21-26-19-12-8-11-18(25(33)34)22(19)32(21)24(17-9-6-5-7-10-17)31-16(2)14-15-20(31)23-27-29-30-28-23/h5-12,14-15,24H,3-4,13H2,1-2H3,(H,33,34)(H,27,28,29,30). The molecule has 9 nitrogen and oxygen atoms in total. The minimum Gasteiger partial charge on any atom is -0.478 e. The molecule has 3 heterocycles. The zero-order valence-corrected chi connectivity index (χ0v) is 19.0. The lowest BCUT2D eigenvalue weighted by molar-refractivity contribution is 0.0698. The van der Waals surface area contributed by atoms with Crippen LogP contribution in [0.3, 0.4) is 0 Å². The Kier molecular flexibility index (Phi) is 5.67. The molecule has 34 heavy (non-hydrogen) atoms. The fourth-order valence-electron chi connectivity index (χ4n) is 4.51. The van der Waals surface area contributed by atoms with Crippen molar-refractivity contribution in [1.29, 1.82) is 0 Å². The van der Waals surface area contributed by atoms with Crippen molar-refractivity contribution < 1.29 is 9.90 Å². The summed E-state index contributed by atoms with van der Waals surface area (Å²) in [7, 11) is 0. The first-order valence-electron chi connectivity index (χ1n) is 11.3. The number of carboxylic acid groups (broad SMARTS) is 1. The van der Waals surface area contributed by atoms with Crippen LogP contribution in [-0.4, -0.2) is 45.8 Å². The van der Waals surface area contributed by atoms with Gasteiger partial charge in [-0.3, -0.25) is 0 Å². The number of carbonyl (C=O) groups is 1. The largest absolute Gasteiger partial charge is 0.478 e. The van der Waals surface area contributed by atoms with Gasteiger partial charge in [-0.2, -0.15) is 5.21 Å². The van der Waals surface area contributed by atoms with Crippen LogP contribution in [0.4, 0.5) is 0 Å². The van der Waals surface area contributed by atoms with Crippen LogP contribution in [0.25, 0.3) is 22.6 Å². The second-order valence-electron chi connectivity index (χ2n) is 8.23. The molecule has 2 aromatic carbocycles. The third-order valence-electron chi connectivity index (χ3n) is 6.05. The normalized spacial score (nSPS) is 12.3. The molecule has 0 aliphatic carbocycles. The monoisotopic (exact) mass is 455 g/mol. The van der Waals surface area contributed by atoms with E-state index in [1.165, 1.54) is 0 Å². The van der Waals surface area contributed by atoms with Crippen molar-refractivity contribution in [3.05, 3.63) is 83.3 Å². The molecule has 0 saturated carbocycles. The maximum Gasteiger partial charge on any atom is 0.337 e. The van der Waals surface area contributed by atoms with Crippen LogP contribution in [-0.2, 0) is 6.42 Å². The van der Waals surface area contributed by atoms with E-state index >= 15 is 0 Å². The van der Waals surface area contributed by atoms with Crippen LogP contribution in [0.1, 0.15) is 53.4 Å². The van der Waals surface area contributed by atoms with Crippen LogP contribution in [0, 0.1) is 6.92 Å². The first-order valence-corrected chi connectivity index (χ1v) is 11.3. The molecule has 0 aliphatic rings. The van der Waals surface area contributed by atoms with Gasteiger partial charge >= 0.3 is 5.97 Å². The number of aromatic nitrogens is 7. The number of carboxylic acids is 1. The number of aromatic amines is 1. The van der Waals surface area contributed by atoms with E-state index in [2.05, 4.69) is 36.7 Å². The van der Waals surface area contributed by atoms with Crippen molar-refractivity contribution in [2.75, 3.05) is 0 Å². The van der Waals surface area contributed by atoms with Crippen LogP contribution in [0.15, 0.2) is 60.7 Å². The molecule has 0 fully saturated rings. The number of benzene rings is 2. The van der Waals surface area contributed by atoms with Gasteiger partial charge in [0.1, 0.15) is 12.0 Å². The molecular weight excluding hydrogens is 430 g/mol. The summed E-state index contributed by atoms with van der Waals surface area (Å²) in [6.07, 6.45) is 2.27. The van der Waals surface area contributed by atoms with Gasteiger partial charge in [0.05, 0.1) is 22.3 Å². The zero-order valence-electron chi connectivity index (χ0n) is 19.0. The molecule has 0 spiro atoms. The molecular formula is C25H25N7O2. The molecule has 0 aliphatic heterocycles. The third-order valence-corrected chi connectivity index (χ3v) is 6.05. The Morgan fingerprint density at radius 2 is 1.88 bits per heavy atom. The van der Waals surface area contributed by atoms with E-state index in [4.69, 9.17) is 4.98 Å². The molecule has 0 saturated heterocycles. The average Bonchev–Trinajstić information content (AvgIpc) is 3.58. The van der Waals surface area contributed by atoms with Crippen molar-refractivity contribution in [2.45, 2.75) is 39.3 Å². The molecule has 0 radical (unpaired) electrons. The highest BCUT2D eigenvalue weighted by molar-refractivity contribution is 6.01. The third kappa shape index (κ3) is 3.64. The van der Waals surface area contributed by atoms with E-state index in [0.717, 1.165) is 42.0 Å². The number of fused-ring (bicyclic) bond motifs is 1. The molecule has 5 rings (SSSR count). The summed E-state index contributed by atoms with van der Waals surface area (Å²) < 4.78 is 4.19. The van der Waals surface area contributed by atoms with Gasteiger partial charge < -0.3 is 14.2 Å². The van der Waals surface area contributed by atoms with Gasteiger partial charge in [0.25, 0.3) is 0 Å². The fraction of sp³-hybridized carbons (Fsp3) is 0.240. The molecule has 3 aromatic heterocycles. The highest BCUT2D eigenvalue weighted by Gasteiger charge is 2.28. The number of unbranched alkanes of at least 4 members (excludes halogenated alkanes) is 1. The Morgan fingerprint density at radius 3 is 2.59 bits per heavy atom. The number of para-hydroxylation sites is 1. The van der Waals surface area contributed by atoms with Crippen molar-refractivity contribution >= 4 is 17.0 Å². The van der Waals surface area contributed by atoms with Crippen molar-refractivity contribution in [1.82, 2.24) is 34.7 Å². The number of nitrogens with one attached hydrogen (secondary N) is 1. The fourth-order valence-corrected chi connectivity index (χ4v) is 4.51. The van der Waals surface area contributed by atoms with Crippen molar-refractivity contribution in [2.24, 2.45) is 0 Å². The first-order chi connectivity index (χ1) is 16.6. The first kappa shape index (κ1) is 21.6. The quantitative estimate of drug-likeness (QED) is 0.357. The summed E-state index contributed by atoms with van der Waals surface area (Å²) in [4.78, 5) is 17.2. The maximum atomic E-state index is 12.3. The van der Waals surface area contributed by atoms with Gasteiger partial charge in [-0.1, -0.05) is 49.7 Å². The van der Waals surface area contributed by atoms with Gasteiger partial charge in [-0.15, -0.1) is 10.2 Å². The number of imidazole rings is 1. The summed E-state index contributed by atoms with van der Waals surface area (Å²) in [5.41, 5.74) is 4.23. The van der Waals surface area contributed by atoms with E-state index in [-0.39, 0.29) is 5.56 Å². The topological polar surface area (TPSA) is 115 Å². The number of H-pyrrole nitrogens is 1. The second kappa shape index (κ2) is 8.93. The number of aryl methyl sites for hydroxylation is 2. The predicted octanol–water partition coefficient (Wildman–Crippen LogP) is 4.46. The highest BCUT2D eigenvalue weighted by atomic mass is 16.4. The number of nitrogens with zero attached hydrogens (tertiary/aromatic N) is 6. The van der Waals surface area contributed by atoms with Gasteiger partial charge in [0.2, 0.25) is 5.82 Å². The average molecular weight is 456 g/mol. The SMILES string of the molecule is CCCCc1nc2cccc(C(=O)O)c2n1C(c1ccccc1)n1c(C)ccc1-c1nn[nH]n1. The zero-order chi connectivity index (χ0) is 23.7. The van der Waals surface area contributed by atoms with Gasteiger partial charge in [0.15, 0.2) is 0 Å².